The number of carbonyl (C=O) groups is 3. The summed E-state index contributed by atoms with van der Waals surface area (Å²) in [6, 6.07) is 8.30. The molecule has 1 fully saturated rings. The number of hydrogen-bond acceptors (Lipinski definition) is 6. The molecule has 0 aliphatic carbocycles. The molecule has 9 nitrogen and oxygen atoms in total. The molecule has 2 aromatic rings. The predicted octanol–water partition coefficient (Wildman–Crippen LogP) is 2.09. The van der Waals surface area contributed by atoms with Crippen LogP contribution < -0.4 is 10.2 Å². The number of rotatable bonds is 5. The van der Waals surface area contributed by atoms with Crippen molar-refractivity contribution >= 4 is 40.6 Å². The van der Waals surface area contributed by atoms with Crippen molar-refractivity contribution in [1.82, 2.24) is 10.2 Å². The summed E-state index contributed by atoms with van der Waals surface area (Å²) in [6.07, 6.45) is 0. The van der Waals surface area contributed by atoms with E-state index in [-0.39, 0.29) is 5.69 Å². The molecular formula is C17H16N4O5S. The number of amides is 4. The SMILES string of the molecule is CN(C(=O)CN1C(=O)NC(C)(c2cccs2)C1=O)c1ccc([N+](=O)[O-])cc1. The molecule has 1 atom stereocenters. The van der Waals surface area contributed by atoms with Crippen LogP contribution in [0.4, 0.5) is 16.2 Å². The number of imide groups is 1. The third-order valence-electron chi connectivity index (χ3n) is 4.40. The van der Waals surface area contributed by atoms with E-state index in [9.17, 15) is 24.5 Å². The Morgan fingerprint density at radius 3 is 2.52 bits per heavy atom. The first kappa shape index (κ1) is 18.5. The van der Waals surface area contributed by atoms with Crippen LogP contribution in [-0.4, -0.2) is 41.3 Å². The lowest BCUT2D eigenvalue weighted by Crippen LogP contribution is -2.43. The smallest absolute Gasteiger partial charge is 0.319 e. The van der Waals surface area contributed by atoms with Gasteiger partial charge in [0.05, 0.1) is 4.92 Å². The van der Waals surface area contributed by atoms with E-state index in [0.29, 0.717) is 10.6 Å². The van der Waals surface area contributed by atoms with Crippen LogP contribution in [0.3, 0.4) is 0 Å². The highest BCUT2D eigenvalue weighted by molar-refractivity contribution is 7.10. The van der Waals surface area contributed by atoms with Gasteiger partial charge in [-0.15, -0.1) is 11.3 Å². The zero-order valence-electron chi connectivity index (χ0n) is 14.5. The van der Waals surface area contributed by atoms with Crippen molar-refractivity contribution in [3.8, 4) is 0 Å². The van der Waals surface area contributed by atoms with E-state index in [1.54, 1.807) is 24.4 Å². The molecule has 1 unspecified atom stereocenters. The van der Waals surface area contributed by atoms with Gasteiger partial charge in [0, 0.05) is 29.7 Å². The lowest BCUT2D eigenvalue weighted by molar-refractivity contribution is -0.384. The fourth-order valence-electron chi connectivity index (χ4n) is 2.75. The molecule has 0 spiro atoms. The standard InChI is InChI=1S/C17H16N4O5S/c1-17(13-4-3-9-27-13)15(23)20(16(24)18-17)10-14(22)19(2)11-5-7-12(8-6-11)21(25)26/h3-9H,10H2,1-2H3,(H,18,24). The number of nitro benzene ring substituents is 1. The van der Waals surface area contributed by atoms with Crippen LogP contribution in [-0.2, 0) is 15.1 Å². The Labute approximate surface area is 158 Å². The first-order valence-corrected chi connectivity index (χ1v) is 8.81. The average molecular weight is 388 g/mol. The molecule has 140 valence electrons. The summed E-state index contributed by atoms with van der Waals surface area (Å²) in [7, 11) is 1.47. The molecule has 10 heteroatoms. The van der Waals surface area contributed by atoms with Gasteiger partial charge in [-0.25, -0.2) is 4.79 Å². The number of likely N-dealkylation sites (N-methyl/N-ethyl adjacent to an activating group) is 1. The number of carbonyl (C=O) groups excluding carboxylic acids is 3. The zero-order valence-corrected chi connectivity index (χ0v) is 15.4. The third-order valence-corrected chi connectivity index (χ3v) is 5.50. The van der Waals surface area contributed by atoms with Gasteiger partial charge in [-0.05, 0) is 30.5 Å². The summed E-state index contributed by atoms with van der Waals surface area (Å²) in [5.74, 6) is -0.997. The molecule has 27 heavy (non-hydrogen) atoms. The normalized spacial score (nSPS) is 19.1. The Balaban J connectivity index is 1.74. The first-order chi connectivity index (χ1) is 12.7. The molecule has 1 saturated heterocycles. The van der Waals surface area contributed by atoms with Crippen LogP contribution in [0, 0.1) is 10.1 Å². The van der Waals surface area contributed by atoms with Crippen molar-refractivity contribution in [1.29, 1.82) is 0 Å². The molecule has 2 heterocycles. The molecular weight excluding hydrogens is 372 g/mol. The van der Waals surface area contributed by atoms with Crippen LogP contribution in [0.1, 0.15) is 11.8 Å². The van der Waals surface area contributed by atoms with Gasteiger partial charge in [-0.2, -0.15) is 0 Å². The molecule has 4 amide bonds. The number of non-ortho nitro benzene ring substituents is 1. The monoisotopic (exact) mass is 388 g/mol. The van der Waals surface area contributed by atoms with Crippen LogP contribution >= 0.6 is 11.3 Å². The molecule has 1 aromatic carbocycles. The van der Waals surface area contributed by atoms with E-state index >= 15 is 0 Å². The lowest BCUT2D eigenvalue weighted by atomic mass is 10.0. The Hall–Kier alpha value is -3.27. The van der Waals surface area contributed by atoms with Crippen LogP contribution in [0.15, 0.2) is 41.8 Å². The highest BCUT2D eigenvalue weighted by Crippen LogP contribution is 2.32. The molecule has 1 aliphatic rings. The third kappa shape index (κ3) is 3.26. The Bertz CT molecular complexity index is 912. The maximum Gasteiger partial charge on any atom is 0.325 e. The lowest BCUT2D eigenvalue weighted by Gasteiger charge is -2.22. The van der Waals surface area contributed by atoms with E-state index < -0.39 is 34.9 Å². The van der Waals surface area contributed by atoms with Crippen molar-refractivity contribution in [2.75, 3.05) is 18.5 Å². The molecule has 0 radical (unpaired) electrons. The number of nitro groups is 1. The van der Waals surface area contributed by atoms with Gasteiger partial charge in [0.15, 0.2) is 5.54 Å². The maximum absolute atomic E-state index is 12.8. The van der Waals surface area contributed by atoms with Crippen molar-refractivity contribution < 1.29 is 19.3 Å². The summed E-state index contributed by atoms with van der Waals surface area (Å²) < 4.78 is 0. The van der Waals surface area contributed by atoms with E-state index in [2.05, 4.69) is 5.32 Å². The van der Waals surface area contributed by atoms with Gasteiger partial charge in [0.25, 0.3) is 11.6 Å². The Morgan fingerprint density at radius 2 is 1.96 bits per heavy atom. The second-order valence-corrected chi connectivity index (χ2v) is 7.10. The average Bonchev–Trinajstić information content (AvgIpc) is 3.25. The first-order valence-electron chi connectivity index (χ1n) is 7.93. The fourth-order valence-corrected chi connectivity index (χ4v) is 3.59. The molecule has 1 N–H and O–H groups in total. The van der Waals surface area contributed by atoms with E-state index in [1.165, 1.54) is 47.5 Å². The molecule has 1 aliphatic heterocycles. The van der Waals surface area contributed by atoms with Gasteiger partial charge < -0.3 is 10.2 Å². The minimum absolute atomic E-state index is 0.0968. The zero-order chi connectivity index (χ0) is 19.8. The van der Waals surface area contributed by atoms with E-state index in [4.69, 9.17) is 0 Å². The van der Waals surface area contributed by atoms with Crippen LogP contribution in [0.5, 0.6) is 0 Å². The van der Waals surface area contributed by atoms with E-state index in [1.807, 2.05) is 0 Å². The highest BCUT2D eigenvalue weighted by Gasteiger charge is 2.50. The van der Waals surface area contributed by atoms with Crippen LogP contribution in [0.2, 0.25) is 0 Å². The molecule has 0 saturated carbocycles. The summed E-state index contributed by atoms with van der Waals surface area (Å²) in [6.45, 7) is 1.17. The van der Waals surface area contributed by atoms with Gasteiger partial charge in [0.1, 0.15) is 6.54 Å². The second-order valence-electron chi connectivity index (χ2n) is 6.15. The minimum Gasteiger partial charge on any atom is -0.319 e. The molecule has 1 aromatic heterocycles. The number of thiophene rings is 1. The van der Waals surface area contributed by atoms with E-state index in [0.717, 1.165) is 4.90 Å². The van der Waals surface area contributed by atoms with Crippen molar-refractivity contribution in [3.63, 3.8) is 0 Å². The van der Waals surface area contributed by atoms with Gasteiger partial charge in [-0.1, -0.05) is 6.07 Å². The number of anilines is 1. The van der Waals surface area contributed by atoms with Gasteiger partial charge in [0.2, 0.25) is 5.91 Å². The summed E-state index contributed by atoms with van der Waals surface area (Å²) in [5.41, 5.74) is -0.878. The van der Waals surface area contributed by atoms with Crippen molar-refractivity contribution in [2.45, 2.75) is 12.5 Å². The minimum atomic E-state index is -1.20. The summed E-state index contributed by atoms with van der Waals surface area (Å²) in [4.78, 5) is 50.5. The number of nitrogens with zero attached hydrogens (tertiary/aromatic N) is 3. The Kier molecular flexibility index (Phi) is 4.66. The number of benzene rings is 1. The molecule has 3 rings (SSSR count). The quantitative estimate of drug-likeness (QED) is 0.479. The van der Waals surface area contributed by atoms with Crippen molar-refractivity contribution in [2.24, 2.45) is 0 Å². The summed E-state index contributed by atoms with van der Waals surface area (Å²) in [5, 5.41) is 15.2. The Morgan fingerprint density at radius 1 is 1.30 bits per heavy atom. The second kappa shape index (κ2) is 6.80. The van der Waals surface area contributed by atoms with Crippen LogP contribution in [0.25, 0.3) is 0 Å². The van der Waals surface area contributed by atoms with Crippen molar-refractivity contribution in [3.05, 3.63) is 56.8 Å². The topological polar surface area (TPSA) is 113 Å². The highest BCUT2D eigenvalue weighted by atomic mass is 32.1. The van der Waals surface area contributed by atoms with Gasteiger partial charge >= 0.3 is 6.03 Å². The largest absolute Gasteiger partial charge is 0.325 e. The predicted molar refractivity (Wildman–Crippen MR) is 98.4 cm³/mol. The number of urea groups is 1. The summed E-state index contributed by atoms with van der Waals surface area (Å²) >= 11 is 1.34. The maximum atomic E-state index is 12.8. The fraction of sp³-hybridized carbons (Fsp3) is 0.235. The number of nitrogens with one attached hydrogen (secondary N) is 1. The number of hydrogen-bond donors (Lipinski definition) is 1. The molecule has 0 bridgehead atoms. The van der Waals surface area contributed by atoms with Gasteiger partial charge in [-0.3, -0.25) is 24.6 Å².